The molecule has 0 aliphatic rings. The summed E-state index contributed by atoms with van der Waals surface area (Å²) < 4.78 is 1.94. The zero-order valence-electron chi connectivity index (χ0n) is 9.19. The topological polar surface area (TPSA) is 75.6 Å². The third-order valence-electron chi connectivity index (χ3n) is 2.39. The highest BCUT2D eigenvalue weighted by molar-refractivity contribution is 5.88. The number of carbonyl (C=O) groups excluding carboxylic acids is 1. The van der Waals surface area contributed by atoms with Crippen LogP contribution in [0.25, 0.3) is 0 Å². The molecule has 6 heteroatoms. The lowest BCUT2D eigenvalue weighted by Crippen LogP contribution is -2.20. The van der Waals surface area contributed by atoms with E-state index >= 15 is 0 Å². The normalized spacial score (nSPS) is 10.4. The Morgan fingerprint density at radius 2 is 2.12 bits per heavy atom. The number of aryl methyl sites for hydroxylation is 2. The van der Waals surface area contributed by atoms with E-state index in [4.69, 9.17) is 0 Å². The molecule has 2 aromatic heterocycles. The zero-order chi connectivity index (χ0) is 11.5. The van der Waals surface area contributed by atoms with E-state index in [0.29, 0.717) is 5.95 Å². The number of aromatic nitrogens is 4. The van der Waals surface area contributed by atoms with Gasteiger partial charge in [0.1, 0.15) is 12.9 Å². The summed E-state index contributed by atoms with van der Waals surface area (Å²) in [4.78, 5) is 15.5. The van der Waals surface area contributed by atoms with Crippen LogP contribution in [0.1, 0.15) is 11.4 Å². The number of amides is 1. The predicted octanol–water partition coefficient (Wildman–Crippen LogP) is 0.862. The maximum Gasteiger partial charge on any atom is 0.246 e. The second-order valence-electron chi connectivity index (χ2n) is 3.58. The largest absolute Gasteiger partial charge is 0.340 e. The van der Waals surface area contributed by atoms with Crippen LogP contribution in [-0.4, -0.2) is 25.7 Å². The molecule has 0 atom stereocenters. The lowest BCUT2D eigenvalue weighted by atomic mass is 10.4. The van der Waals surface area contributed by atoms with Gasteiger partial charge < -0.3 is 4.57 Å². The number of nitrogens with zero attached hydrogens (tertiary/aromatic N) is 3. The first kappa shape index (κ1) is 10.4. The Hall–Kier alpha value is -2.11. The van der Waals surface area contributed by atoms with Crippen molar-refractivity contribution in [1.29, 1.82) is 0 Å². The maximum absolute atomic E-state index is 11.7. The summed E-state index contributed by atoms with van der Waals surface area (Å²) in [6, 6.07) is 3.97. The number of rotatable bonds is 3. The Labute approximate surface area is 92.7 Å². The minimum absolute atomic E-state index is 0.126. The van der Waals surface area contributed by atoms with Crippen LogP contribution in [0.2, 0.25) is 0 Å². The lowest BCUT2D eigenvalue weighted by Gasteiger charge is -2.08. The van der Waals surface area contributed by atoms with Crippen molar-refractivity contribution in [3.05, 3.63) is 29.8 Å². The first-order valence-electron chi connectivity index (χ1n) is 4.95. The molecular formula is C10H13N5O. The average Bonchev–Trinajstić information content (AvgIpc) is 2.83. The van der Waals surface area contributed by atoms with Crippen LogP contribution in [0, 0.1) is 13.8 Å². The third kappa shape index (κ3) is 2.10. The minimum Gasteiger partial charge on any atom is -0.340 e. The van der Waals surface area contributed by atoms with E-state index in [1.54, 1.807) is 0 Å². The van der Waals surface area contributed by atoms with Crippen molar-refractivity contribution in [2.24, 2.45) is 0 Å². The van der Waals surface area contributed by atoms with Gasteiger partial charge in [0.2, 0.25) is 11.9 Å². The number of aromatic amines is 1. The van der Waals surface area contributed by atoms with Gasteiger partial charge in [0.05, 0.1) is 0 Å². The Balaban J connectivity index is 2.03. The quantitative estimate of drug-likeness (QED) is 0.804. The van der Waals surface area contributed by atoms with Gasteiger partial charge in [0, 0.05) is 11.4 Å². The molecule has 2 heterocycles. The molecule has 84 valence electrons. The lowest BCUT2D eigenvalue weighted by molar-refractivity contribution is -0.116. The molecule has 0 saturated heterocycles. The molecule has 0 fully saturated rings. The molecule has 2 rings (SSSR count). The van der Waals surface area contributed by atoms with Crippen LogP contribution in [0.4, 0.5) is 5.95 Å². The average molecular weight is 219 g/mol. The smallest absolute Gasteiger partial charge is 0.246 e. The first-order chi connectivity index (χ1) is 7.66. The standard InChI is InChI=1S/C10H13N5O/c1-7-3-4-8(2)15(7)5-9(16)13-10-11-6-12-14-10/h3-4,6H,5H2,1-2H3,(H2,11,12,13,14,16). The Bertz CT molecular complexity index is 466. The van der Waals surface area contributed by atoms with E-state index < -0.39 is 0 Å². The van der Waals surface area contributed by atoms with E-state index in [1.807, 2.05) is 30.5 Å². The molecule has 0 bridgehead atoms. The Kier molecular flexibility index (Phi) is 2.72. The molecule has 16 heavy (non-hydrogen) atoms. The van der Waals surface area contributed by atoms with Gasteiger partial charge in [-0.3, -0.25) is 10.1 Å². The highest BCUT2D eigenvalue weighted by Gasteiger charge is 2.08. The van der Waals surface area contributed by atoms with Crippen molar-refractivity contribution < 1.29 is 4.79 Å². The van der Waals surface area contributed by atoms with Crippen molar-refractivity contribution >= 4 is 11.9 Å². The molecule has 2 aromatic rings. The van der Waals surface area contributed by atoms with E-state index in [2.05, 4.69) is 20.5 Å². The number of carbonyl (C=O) groups is 1. The molecule has 1 amide bonds. The molecule has 6 nitrogen and oxygen atoms in total. The van der Waals surface area contributed by atoms with Crippen LogP contribution in [-0.2, 0) is 11.3 Å². The summed E-state index contributed by atoms with van der Waals surface area (Å²) >= 11 is 0. The molecule has 2 N–H and O–H groups in total. The van der Waals surface area contributed by atoms with Crippen LogP contribution in [0.15, 0.2) is 18.5 Å². The molecular weight excluding hydrogens is 206 g/mol. The van der Waals surface area contributed by atoms with E-state index in [9.17, 15) is 4.79 Å². The van der Waals surface area contributed by atoms with E-state index in [-0.39, 0.29) is 12.5 Å². The van der Waals surface area contributed by atoms with Crippen molar-refractivity contribution in [2.45, 2.75) is 20.4 Å². The van der Waals surface area contributed by atoms with Crippen LogP contribution >= 0.6 is 0 Å². The fourth-order valence-corrected chi connectivity index (χ4v) is 1.53. The van der Waals surface area contributed by atoms with Crippen molar-refractivity contribution in [2.75, 3.05) is 5.32 Å². The monoisotopic (exact) mass is 219 g/mol. The number of nitrogens with one attached hydrogen (secondary N) is 2. The molecule has 0 saturated carbocycles. The van der Waals surface area contributed by atoms with E-state index in [0.717, 1.165) is 11.4 Å². The van der Waals surface area contributed by atoms with Crippen molar-refractivity contribution in [3.8, 4) is 0 Å². The first-order valence-corrected chi connectivity index (χ1v) is 4.95. The fourth-order valence-electron chi connectivity index (χ4n) is 1.53. The van der Waals surface area contributed by atoms with Crippen molar-refractivity contribution in [3.63, 3.8) is 0 Å². The maximum atomic E-state index is 11.7. The van der Waals surface area contributed by atoms with Gasteiger partial charge in [-0.05, 0) is 26.0 Å². The van der Waals surface area contributed by atoms with Gasteiger partial charge in [-0.1, -0.05) is 0 Å². The number of hydrogen-bond donors (Lipinski definition) is 2. The third-order valence-corrected chi connectivity index (χ3v) is 2.39. The summed E-state index contributed by atoms with van der Waals surface area (Å²) in [7, 11) is 0. The highest BCUT2D eigenvalue weighted by atomic mass is 16.2. The second-order valence-corrected chi connectivity index (χ2v) is 3.58. The van der Waals surface area contributed by atoms with Crippen molar-refractivity contribution in [1.82, 2.24) is 19.7 Å². The molecule has 0 unspecified atom stereocenters. The van der Waals surface area contributed by atoms with Crippen LogP contribution in [0.3, 0.4) is 0 Å². The number of H-pyrrole nitrogens is 1. The zero-order valence-corrected chi connectivity index (χ0v) is 9.19. The van der Waals surface area contributed by atoms with Crippen LogP contribution in [0.5, 0.6) is 0 Å². The van der Waals surface area contributed by atoms with Gasteiger partial charge in [0.25, 0.3) is 0 Å². The molecule has 0 aliphatic carbocycles. The van der Waals surface area contributed by atoms with Gasteiger partial charge in [-0.15, -0.1) is 0 Å². The van der Waals surface area contributed by atoms with E-state index in [1.165, 1.54) is 6.33 Å². The SMILES string of the molecule is Cc1ccc(C)n1CC(=O)Nc1ncn[nH]1. The van der Waals surface area contributed by atoms with Gasteiger partial charge >= 0.3 is 0 Å². The van der Waals surface area contributed by atoms with Gasteiger partial charge in [0.15, 0.2) is 0 Å². The molecule has 0 spiro atoms. The Morgan fingerprint density at radius 1 is 1.44 bits per heavy atom. The van der Waals surface area contributed by atoms with Gasteiger partial charge in [-0.2, -0.15) is 10.1 Å². The van der Waals surface area contributed by atoms with Gasteiger partial charge in [-0.25, -0.2) is 5.10 Å². The Morgan fingerprint density at radius 3 is 2.69 bits per heavy atom. The molecule has 0 radical (unpaired) electrons. The predicted molar refractivity (Wildman–Crippen MR) is 58.9 cm³/mol. The van der Waals surface area contributed by atoms with Crippen LogP contribution < -0.4 is 5.32 Å². The number of hydrogen-bond acceptors (Lipinski definition) is 3. The number of anilines is 1. The molecule has 0 aromatic carbocycles. The highest BCUT2D eigenvalue weighted by Crippen LogP contribution is 2.07. The summed E-state index contributed by atoms with van der Waals surface area (Å²) in [5.41, 5.74) is 2.12. The summed E-state index contributed by atoms with van der Waals surface area (Å²) in [5, 5.41) is 8.85. The molecule has 0 aliphatic heterocycles. The minimum atomic E-state index is -0.126. The summed E-state index contributed by atoms with van der Waals surface area (Å²) in [6.45, 7) is 4.22. The fraction of sp³-hybridized carbons (Fsp3) is 0.300. The summed E-state index contributed by atoms with van der Waals surface area (Å²) in [6.07, 6.45) is 1.35. The second kappa shape index (κ2) is 4.18. The summed E-state index contributed by atoms with van der Waals surface area (Å²) in [5.74, 6) is 0.242.